The predicted octanol–water partition coefficient (Wildman–Crippen LogP) is 1.93. The van der Waals surface area contributed by atoms with Gasteiger partial charge in [-0.3, -0.25) is 4.68 Å². The van der Waals surface area contributed by atoms with E-state index in [2.05, 4.69) is 20.6 Å². The Morgan fingerprint density at radius 2 is 2.14 bits per heavy atom. The molecule has 7 nitrogen and oxygen atoms in total. The Balaban J connectivity index is 1.87. The molecule has 0 radical (unpaired) electrons. The molecular formula is C14H22N6O. The standard InChI is InChI=1S/C14H22N6O/c1-14(2,3)21-13-11(15)5-6-12(18-13)16-7-4-9-20-10-8-17-19-20/h5-6,8,10H,4,7,9,15H2,1-3H3,(H,16,18). The molecule has 114 valence electrons. The van der Waals surface area contributed by atoms with Crippen LogP contribution in [0.15, 0.2) is 24.5 Å². The molecule has 7 heteroatoms. The number of aromatic nitrogens is 4. The van der Waals surface area contributed by atoms with E-state index in [1.807, 2.05) is 33.0 Å². The third-order valence-corrected chi connectivity index (χ3v) is 2.63. The number of nitrogens with one attached hydrogen (secondary N) is 1. The number of anilines is 2. The molecule has 0 unspecified atom stereocenters. The molecule has 3 N–H and O–H groups in total. The average Bonchev–Trinajstić information content (AvgIpc) is 2.90. The molecule has 0 aliphatic heterocycles. The summed E-state index contributed by atoms with van der Waals surface area (Å²) in [7, 11) is 0. The molecule has 2 heterocycles. The molecule has 0 aromatic carbocycles. The fourth-order valence-electron chi connectivity index (χ4n) is 1.73. The molecule has 0 aliphatic carbocycles. The van der Waals surface area contributed by atoms with Gasteiger partial charge in [-0.05, 0) is 39.3 Å². The molecular weight excluding hydrogens is 268 g/mol. The van der Waals surface area contributed by atoms with E-state index < -0.39 is 0 Å². The number of nitrogens with zero attached hydrogens (tertiary/aromatic N) is 4. The molecule has 2 aromatic rings. The van der Waals surface area contributed by atoms with E-state index in [0.717, 1.165) is 25.3 Å². The maximum atomic E-state index is 5.88. The first-order valence-electron chi connectivity index (χ1n) is 6.97. The van der Waals surface area contributed by atoms with Crippen LogP contribution in [0, 0.1) is 0 Å². The van der Waals surface area contributed by atoms with E-state index in [1.54, 1.807) is 16.9 Å². The van der Waals surface area contributed by atoms with Crippen molar-refractivity contribution in [3.63, 3.8) is 0 Å². The summed E-state index contributed by atoms with van der Waals surface area (Å²) in [5.41, 5.74) is 6.10. The Morgan fingerprint density at radius 1 is 1.33 bits per heavy atom. The minimum Gasteiger partial charge on any atom is -0.470 e. The van der Waals surface area contributed by atoms with Crippen LogP contribution in [0.25, 0.3) is 0 Å². The summed E-state index contributed by atoms with van der Waals surface area (Å²) < 4.78 is 7.54. The minimum atomic E-state index is -0.327. The third kappa shape index (κ3) is 4.94. The fraction of sp³-hybridized carbons (Fsp3) is 0.500. The lowest BCUT2D eigenvalue weighted by Crippen LogP contribution is -2.24. The van der Waals surface area contributed by atoms with Gasteiger partial charge in [-0.2, -0.15) is 4.98 Å². The van der Waals surface area contributed by atoms with Gasteiger partial charge in [0.15, 0.2) is 0 Å². The van der Waals surface area contributed by atoms with Crippen molar-refractivity contribution in [3.8, 4) is 5.88 Å². The summed E-state index contributed by atoms with van der Waals surface area (Å²) in [6.45, 7) is 7.49. The van der Waals surface area contributed by atoms with Crippen molar-refractivity contribution >= 4 is 11.5 Å². The Morgan fingerprint density at radius 3 is 2.81 bits per heavy atom. The zero-order valence-corrected chi connectivity index (χ0v) is 12.7. The van der Waals surface area contributed by atoms with Crippen LogP contribution in [0.1, 0.15) is 27.2 Å². The number of hydrogen-bond acceptors (Lipinski definition) is 6. The number of pyridine rings is 1. The van der Waals surface area contributed by atoms with E-state index in [4.69, 9.17) is 10.5 Å². The molecule has 0 saturated heterocycles. The van der Waals surface area contributed by atoms with Crippen LogP contribution in [-0.4, -0.2) is 32.1 Å². The maximum Gasteiger partial charge on any atom is 0.239 e. The van der Waals surface area contributed by atoms with Crippen molar-refractivity contribution in [2.75, 3.05) is 17.6 Å². The lowest BCUT2D eigenvalue weighted by atomic mass is 10.2. The lowest BCUT2D eigenvalue weighted by Gasteiger charge is -2.21. The molecule has 0 bridgehead atoms. The van der Waals surface area contributed by atoms with E-state index in [9.17, 15) is 0 Å². The van der Waals surface area contributed by atoms with E-state index >= 15 is 0 Å². The van der Waals surface area contributed by atoms with Crippen molar-refractivity contribution < 1.29 is 4.74 Å². The zero-order valence-electron chi connectivity index (χ0n) is 12.7. The Hall–Kier alpha value is -2.31. The van der Waals surface area contributed by atoms with Gasteiger partial charge in [0, 0.05) is 19.3 Å². The number of nitrogens with two attached hydrogens (primary N) is 1. The number of rotatable bonds is 6. The first-order chi connectivity index (χ1) is 9.94. The van der Waals surface area contributed by atoms with Crippen molar-refractivity contribution in [3.05, 3.63) is 24.5 Å². The van der Waals surface area contributed by atoms with Gasteiger partial charge in [0.1, 0.15) is 11.4 Å². The summed E-state index contributed by atoms with van der Waals surface area (Å²) in [6.07, 6.45) is 4.44. The summed E-state index contributed by atoms with van der Waals surface area (Å²) >= 11 is 0. The van der Waals surface area contributed by atoms with Gasteiger partial charge < -0.3 is 15.8 Å². The van der Waals surface area contributed by atoms with Gasteiger partial charge in [-0.25, -0.2) is 0 Å². The number of aryl methyl sites for hydroxylation is 1. The van der Waals surface area contributed by atoms with Crippen LogP contribution >= 0.6 is 0 Å². The normalized spacial score (nSPS) is 11.4. The molecule has 0 atom stereocenters. The van der Waals surface area contributed by atoms with Crippen molar-refractivity contribution in [2.24, 2.45) is 0 Å². The predicted molar refractivity (Wildman–Crippen MR) is 82.2 cm³/mol. The summed E-state index contributed by atoms with van der Waals surface area (Å²) in [5, 5.41) is 10.9. The molecule has 0 spiro atoms. The summed E-state index contributed by atoms with van der Waals surface area (Å²) in [6, 6.07) is 3.65. The van der Waals surface area contributed by atoms with Crippen molar-refractivity contribution in [1.29, 1.82) is 0 Å². The highest BCUT2D eigenvalue weighted by Gasteiger charge is 2.15. The second-order valence-corrected chi connectivity index (χ2v) is 5.75. The summed E-state index contributed by atoms with van der Waals surface area (Å²) in [5.74, 6) is 1.21. The van der Waals surface area contributed by atoms with E-state index in [-0.39, 0.29) is 5.60 Å². The van der Waals surface area contributed by atoms with Crippen LogP contribution < -0.4 is 15.8 Å². The van der Waals surface area contributed by atoms with Crippen LogP contribution in [0.3, 0.4) is 0 Å². The smallest absolute Gasteiger partial charge is 0.239 e. The van der Waals surface area contributed by atoms with Crippen molar-refractivity contribution in [2.45, 2.75) is 39.3 Å². The van der Waals surface area contributed by atoms with E-state index in [1.165, 1.54) is 0 Å². The SMILES string of the molecule is CC(C)(C)Oc1nc(NCCCn2ccnn2)ccc1N. The van der Waals surface area contributed by atoms with Gasteiger partial charge in [-0.1, -0.05) is 5.21 Å². The Labute approximate surface area is 124 Å². The fourth-order valence-corrected chi connectivity index (χ4v) is 1.73. The Kier molecular flexibility index (Phi) is 4.62. The average molecular weight is 290 g/mol. The third-order valence-electron chi connectivity index (χ3n) is 2.63. The highest BCUT2D eigenvalue weighted by Crippen LogP contribution is 2.24. The second-order valence-electron chi connectivity index (χ2n) is 5.75. The monoisotopic (exact) mass is 290 g/mol. The topological polar surface area (TPSA) is 90.9 Å². The largest absolute Gasteiger partial charge is 0.470 e. The molecule has 2 rings (SSSR count). The van der Waals surface area contributed by atoms with Crippen LogP contribution in [0.5, 0.6) is 5.88 Å². The molecule has 0 aliphatic rings. The molecule has 2 aromatic heterocycles. The highest BCUT2D eigenvalue weighted by molar-refractivity contribution is 5.53. The van der Waals surface area contributed by atoms with Crippen molar-refractivity contribution in [1.82, 2.24) is 20.0 Å². The van der Waals surface area contributed by atoms with Crippen LogP contribution in [0.2, 0.25) is 0 Å². The minimum absolute atomic E-state index is 0.327. The second kappa shape index (κ2) is 6.43. The van der Waals surface area contributed by atoms with Gasteiger partial charge in [0.05, 0.1) is 11.9 Å². The van der Waals surface area contributed by atoms with Crippen LogP contribution in [0.4, 0.5) is 11.5 Å². The number of hydrogen-bond donors (Lipinski definition) is 2. The molecule has 0 amide bonds. The van der Waals surface area contributed by atoms with Gasteiger partial charge >= 0.3 is 0 Å². The Bertz CT molecular complexity index is 561. The highest BCUT2D eigenvalue weighted by atomic mass is 16.5. The number of ether oxygens (including phenoxy) is 1. The molecule has 0 saturated carbocycles. The van der Waals surface area contributed by atoms with Gasteiger partial charge in [-0.15, -0.1) is 5.10 Å². The van der Waals surface area contributed by atoms with E-state index in [0.29, 0.717) is 11.6 Å². The zero-order chi connectivity index (χ0) is 15.3. The lowest BCUT2D eigenvalue weighted by molar-refractivity contribution is 0.125. The van der Waals surface area contributed by atoms with Crippen LogP contribution in [-0.2, 0) is 6.54 Å². The van der Waals surface area contributed by atoms with Gasteiger partial charge in [0.25, 0.3) is 0 Å². The first kappa shape index (κ1) is 15.1. The summed E-state index contributed by atoms with van der Waals surface area (Å²) in [4.78, 5) is 4.40. The first-order valence-corrected chi connectivity index (χ1v) is 6.97. The molecule has 21 heavy (non-hydrogen) atoms. The van der Waals surface area contributed by atoms with Gasteiger partial charge in [0.2, 0.25) is 5.88 Å². The quantitative estimate of drug-likeness (QED) is 0.790. The molecule has 0 fully saturated rings. The number of nitrogen functional groups attached to an aromatic ring is 1. The maximum absolute atomic E-state index is 5.88.